The fraction of sp³-hybridized carbons (Fsp3) is 0.417. The van der Waals surface area contributed by atoms with Crippen molar-refractivity contribution in [3.05, 3.63) is 24.2 Å². The Hall–Kier alpha value is -1.91. The highest BCUT2D eigenvalue weighted by atomic mass is 16.1. The van der Waals surface area contributed by atoms with E-state index >= 15 is 0 Å². The highest BCUT2D eigenvalue weighted by Crippen LogP contribution is 2.20. The molecule has 0 saturated heterocycles. The van der Waals surface area contributed by atoms with Gasteiger partial charge in [-0.15, -0.1) is 0 Å². The average Bonchev–Trinajstić information content (AvgIpc) is 2.92. The van der Waals surface area contributed by atoms with E-state index in [1.54, 1.807) is 17.1 Å². The van der Waals surface area contributed by atoms with Crippen LogP contribution in [0.25, 0.3) is 11.3 Å². The van der Waals surface area contributed by atoms with Gasteiger partial charge in [-0.25, -0.2) is 0 Å². The van der Waals surface area contributed by atoms with Crippen molar-refractivity contribution in [1.29, 1.82) is 0 Å². The molecule has 0 aliphatic rings. The van der Waals surface area contributed by atoms with E-state index in [0.717, 1.165) is 31.2 Å². The molecule has 90 valence electrons. The van der Waals surface area contributed by atoms with Crippen molar-refractivity contribution in [3.8, 4) is 11.3 Å². The van der Waals surface area contributed by atoms with Gasteiger partial charge in [-0.2, -0.15) is 10.2 Å². The highest BCUT2D eigenvalue weighted by molar-refractivity contribution is 5.85. The maximum atomic E-state index is 11.0. The molecule has 0 aromatic carbocycles. The van der Waals surface area contributed by atoms with Crippen LogP contribution in [0, 0.1) is 0 Å². The second-order valence-corrected chi connectivity index (χ2v) is 4.07. The lowest BCUT2D eigenvalue weighted by Crippen LogP contribution is -1.97. The van der Waals surface area contributed by atoms with Gasteiger partial charge in [-0.3, -0.25) is 14.2 Å². The fourth-order valence-corrected chi connectivity index (χ4v) is 1.73. The first-order valence-corrected chi connectivity index (χ1v) is 5.76. The summed E-state index contributed by atoms with van der Waals surface area (Å²) in [5.74, 6) is 0. The SMILES string of the molecule is CCCCn1cc(C=O)c(-c2cnn(C)c2)n1. The van der Waals surface area contributed by atoms with Crippen LogP contribution >= 0.6 is 0 Å². The van der Waals surface area contributed by atoms with Crippen LogP contribution in [0.3, 0.4) is 0 Å². The van der Waals surface area contributed by atoms with Gasteiger partial charge in [0.15, 0.2) is 6.29 Å². The number of aryl methyl sites for hydroxylation is 2. The third-order valence-electron chi connectivity index (χ3n) is 2.64. The number of hydrogen-bond acceptors (Lipinski definition) is 3. The fourth-order valence-electron chi connectivity index (χ4n) is 1.73. The molecule has 0 radical (unpaired) electrons. The smallest absolute Gasteiger partial charge is 0.153 e. The summed E-state index contributed by atoms with van der Waals surface area (Å²) in [4.78, 5) is 11.0. The normalized spacial score (nSPS) is 10.7. The van der Waals surface area contributed by atoms with Crippen LogP contribution in [-0.2, 0) is 13.6 Å². The van der Waals surface area contributed by atoms with E-state index in [1.165, 1.54) is 0 Å². The second-order valence-electron chi connectivity index (χ2n) is 4.07. The Morgan fingerprint density at radius 3 is 2.82 bits per heavy atom. The molecular weight excluding hydrogens is 216 g/mol. The number of aldehydes is 1. The summed E-state index contributed by atoms with van der Waals surface area (Å²) < 4.78 is 3.53. The zero-order chi connectivity index (χ0) is 12.3. The molecule has 0 fully saturated rings. The van der Waals surface area contributed by atoms with Gasteiger partial charge in [0.2, 0.25) is 0 Å². The van der Waals surface area contributed by atoms with Crippen molar-refractivity contribution in [2.45, 2.75) is 26.3 Å². The molecule has 5 nitrogen and oxygen atoms in total. The number of rotatable bonds is 5. The third kappa shape index (κ3) is 2.43. The van der Waals surface area contributed by atoms with Crippen LogP contribution < -0.4 is 0 Å². The van der Waals surface area contributed by atoms with E-state index in [-0.39, 0.29) is 0 Å². The minimum absolute atomic E-state index is 0.620. The van der Waals surface area contributed by atoms with Gasteiger partial charge in [-0.1, -0.05) is 13.3 Å². The molecule has 0 saturated carbocycles. The Bertz CT molecular complexity index is 512. The molecule has 0 aliphatic heterocycles. The first-order valence-electron chi connectivity index (χ1n) is 5.76. The van der Waals surface area contributed by atoms with E-state index in [0.29, 0.717) is 11.3 Å². The standard InChI is InChI=1S/C12H16N4O/c1-3-4-5-16-8-11(9-17)12(14-16)10-6-13-15(2)7-10/h6-9H,3-5H2,1-2H3. The summed E-state index contributed by atoms with van der Waals surface area (Å²) in [5, 5.41) is 8.53. The quantitative estimate of drug-likeness (QED) is 0.740. The molecular formula is C12H16N4O. The van der Waals surface area contributed by atoms with E-state index in [4.69, 9.17) is 0 Å². The van der Waals surface area contributed by atoms with E-state index in [9.17, 15) is 4.79 Å². The zero-order valence-corrected chi connectivity index (χ0v) is 10.1. The Morgan fingerprint density at radius 2 is 2.24 bits per heavy atom. The molecule has 2 rings (SSSR count). The zero-order valence-electron chi connectivity index (χ0n) is 10.1. The van der Waals surface area contributed by atoms with Gasteiger partial charge in [0.1, 0.15) is 5.69 Å². The molecule has 2 aromatic heterocycles. The number of nitrogens with zero attached hydrogens (tertiary/aromatic N) is 4. The van der Waals surface area contributed by atoms with Crippen LogP contribution in [0.5, 0.6) is 0 Å². The summed E-state index contributed by atoms with van der Waals surface area (Å²) in [5.41, 5.74) is 2.21. The predicted octanol–water partition coefficient (Wildman–Crippen LogP) is 1.90. The van der Waals surface area contributed by atoms with Crippen molar-refractivity contribution in [2.75, 3.05) is 0 Å². The van der Waals surface area contributed by atoms with E-state index in [2.05, 4.69) is 17.1 Å². The maximum Gasteiger partial charge on any atom is 0.153 e. The molecule has 0 N–H and O–H groups in total. The molecule has 0 spiro atoms. The number of carbonyl (C=O) groups is 1. The summed E-state index contributed by atoms with van der Waals surface area (Å²) in [6.07, 6.45) is 8.40. The van der Waals surface area contributed by atoms with Gasteiger partial charge >= 0.3 is 0 Å². The second kappa shape index (κ2) is 4.95. The predicted molar refractivity (Wildman–Crippen MR) is 64.7 cm³/mol. The molecule has 17 heavy (non-hydrogen) atoms. The van der Waals surface area contributed by atoms with Crippen LogP contribution in [0.2, 0.25) is 0 Å². The molecule has 2 heterocycles. The monoisotopic (exact) mass is 232 g/mol. The van der Waals surface area contributed by atoms with Gasteiger partial charge < -0.3 is 0 Å². The Morgan fingerprint density at radius 1 is 1.41 bits per heavy atom. The lowest BCUT2D eigenvalue weighted by atomic mass is 10.2. The highest BCUT2D eigenvalue weighted by Gasteiger charge is 2.11. The topological polar surface area (TPSA) is 52.7 Å². The van der Waals surface area contributed by atoms with Gasteiger partial charge in [0, 0.05) is 31.5 Å². The Labute approximate surface area is 100 Å². The van der Waals surface area contributed by atoms with Gasteiger partial charge in [0.05, 0.1) is 11.8 Å². The Balaban J connectivity index is 2.32. The molecule has 0 bridgehead atoms. The van der Waals surface area contributed by atoms with Crippen molar-refractivity contribution >= 4 is 6.29 Å². The lowest BCUT2D eigenvalue weighted by Gasteiger charge is -1.97. The number of unbranched alkanes of at least 4 members (excludes halogenated alkanes) is 1. The molecule has 2 aromatic rings. The summed E-state index contributed by atoms with van der Waals surface area (Å²) in [6.45, 7) is 2.98. The van der Waals surface area contributed by atoms with Crippen molar-refractivity contribution < 1.29 is 4.79 Å². The molecule has 0 unspecified atom stereocenters. The van der Waals surface area contributed by atoms with Gasteiger partial charge in [-0.05, 0) is 6.42 Å². The minimum Gasteiger partial charge on any atom is -0.298 e. The maximum absolute atomic E-state index is 11.0. The summed E-state index contributed by atoms with van der Waals surface area (Å²) >= 11 is 0. The number of carbonyl (C=O) groups excluding carboxylic acids is 1. The molecule has 0 atom stereocenters. The molecule has 0 amide bonds. The van der Waals surface area contributed by atoms with Crippen molar-refractivity contribution in [1.82, 2.24) is 19.6 Å². The molecule has 5 heteroatoms. The van der Waals surface area contributed by atoms with Gasteiger partial charge in [0.25, 0.3) is 0 Å². The minimum atomic E-state index is 0.620. The number of aromatic nitrogens is 4. The Kier molecular flexibility index (Phi) is 3.37. The first kappa shape index (κ1) is 11.6. The summed E-state index contributed by atoms with van der Waals surface area (Å²) in [6, 6.07) is 0. The van der Waals surface area contributed by atoms with Crippen LogP contribution in [0.15, 0.2) is 18.6 Å². The van der Waals surface area contributed by atoms with Crippen molar-refractivity contribution in [2.24, 2.45) is 7.05 Å². The van der Waals surface area contributed by atoms with Crippen molar-refractivity contribution in [3.63, 3.8) is 0 Å². The van der Waals surface area contributed by atoms with E-state index in [1.807, 2.05) is 17.9 Å². The third-order valence-corrected chi connectivity index (χ3v) is 2.64. The van der Waals surface area contributed by atoms with Crippen LogP contribution in [-0.4, -0.2) is 25.8 Å². The summed E-state index contributed by atoms with van der Waals surface area (Å²) in [7, 11) is 1.85. The van der Waals surface area contributed by atoms with E-state index < -0.39 is 0 Å². The first-order chi connectivity index (χ1) is 8.24. The van der Waals surface area contributed by atoms with Crippen LogP contribution in [0.1, 0.15) is 30.1 Å². The van der Waals surface area contributed by atoms with Crippen LogP contribution in [0.4, 0.5) is 0 Å². The average molecular weight is 232 g/mol. The molecule has 0 aliphatic carbocycles. The number of hydrogen-bond donors (Lipinski definition) is 0. The lowest BCUT2D eigenvalue weighted by molar-refractivity contribution is 0.112. The largest absolute Gasteiger partial charge is 0.298 e.